The van der Waals surface area contributed by atoms with Crippen LogP contribution in [0.1, 0.15) is 6.42 Å². The van der Waals surface area contributed by atoms with Gasteiger partial charge in [0.1, 0.15) is 12.0 Å². The second-order valence-electron chi connectivity index (χ2n) is 4.39. The molecule has 0 radical (unpaired) electrons. The summed E-state index contributed by atoms with van der Waals surface area (Å²) < 4.78 is 5.00. The number of nitrogen functional groups attached to an aromatic ring is 1. The molecule has 112 valence electrons. The van der Waals surface area contributed by atoms with Crippen LogP contribution in [-0.2, 0) is 4.74 Å². The van der Waals surface area contributed by atoms with Gasteiger partial charge < -0.3 is 21.1 Å². The highest BCUT2D eigenvalue weighted by Crippen LogP contribution is 2.26. The van der Waals surface area contributed by atoms with Gasteiger partial charge in [0.2, 0.25) is 0 Å². The Balaban J connectivity index is 2.04. The summed E-state index contributed by atoms with van der Waals surface area (Å²) >= 11 is 5.86. The predicted molar refractivity (Wildman–Crippen MR) is 86.2 cm³/mol. The average molecular weight is 308 g/mol. The van der Waals surface area contributed by atoms with E-state index in [-0.39, 0.29) is 0 Å². The largest absolute Gasteiger partial charge is 0.393 e. The molecule has 1 aromatic heterocycles. The summed E-state index contributed by atoms with van der Waals surface area (Å²) in [5, 5.41) is 6.99. The molecule has 0 aliphatic rings. The molecule has 1 aromatic carbocycles. The van der Waals surface area contributed by atoms with Crippen molar-refractivity contribution in [1.29, 1.82) is 0 Å². The van der Waals surface area contributed by atoms with Crippen molar-refractivity contribution in [2.24, 2.45) is 0 Å². The van der Waals surface area contributed by atoms with Crippen molar-refractivity contribution in [3.63, 3.8) is 0 Å². The van der Waals surface area contributed by atoms with Crippen molar-refractivity contribution >= 4 is 34.6 Å². The number of rotatable bonds is 7. The van der Waals surface area contributed by atoms with Crippen LogP contribution in [0.4, 0.5) is 23.0 Å². The quantitative estimate of drug-likeness (QED) is 0.682. The highest BCUT2D eigenvalue weighted by Gasteiger charge is 2.07. The molecule has 1 heterocycles. The smallest absolute Gasteiger partial charge is 0.159 e. The first-order chi connectivity index (χ1) is 10.2. The van der Waals surface area contributed by atoms with E-state index in [4.69, 9.17) is 22.1 Å². The lowest BCUT2D eigenvalue weighted by Gasteiger charge is -2.12. The molecule has 0 atom stereocenters. The van der Waals surface area contributed by atoms with Gasteiger partial charge in [0.15, 0.2) is 11.6 Å². The summed E-state index contributed by atoms with van der Waals surface area (Å²) in [6.07, 6.45) is 2.34. The second-order valence-corrected chi connectivity index (χ2v) is 4.83. The van der Waals surface area contributed by atoms with Crippen LogP contribution in [0, 0.1) is 0 Å². The van der Waals surface area contributed by atoms with Crippen LogP contribution < -0.4 is 16.4 Å². The van der Waals surface area contributed by atoms with E-state index in [0.29, 0.717) is 29.0 Å². The molecule has 0 aliphatic carbocycles. The van der Waals surface area contributed by atoms with Gasteiger partial charge in [-0.05, 0) is 30.7 Å². The van der Waals surface area contributed by atoms with E-state index in [0.717, 1.165) is 18.7 Å². The average Bonchev–Trinajstić information content (AvgIpc) is 2.49. The molecule has 0 unspecified atom stereocenters. The normalized spacial score (nSPS) is 10.4. The molecule has 0 fully saturated rings. The van der Waals surface area contributed by atoms with Crippen LogP contribution in [0.15, 0.2) is 30.6 Å². The van der Waals surface area contributed by atoms with Gasteiger partial charge in [-0.2, -0.15) is 0 Å². The topological polar surface area (TPSA) is 85.1 Å². The first-order valence-electron chi connectivity index (χ1n) is 6.56. The van der Waals surface area contributed by atoms with E-state index in [9.17, 15) is 0 Å². The molecule has 0 aliphatic heterocycles. The summed E-state index contributed by atoms with van der Waals surface area (Å²) in [4.78, 5) is 8.30. The van der Waals surface area contributed by atoms with Crippen molar-refractivity contribution in [3.8, 4) is 0 Å². The lowest BCUT2D eigenvalue weighted by Crippen LogP contribution is -2.10. The Kier molecular flexibility index (Phi) is 5.59. The van der Waals surface area contributed by atoms with Crippen molar-refractivity contribution in [3.05, 3.63) is 35.6 Å². The first-order valence-corrected chi connectivity index (χ1v) is 6.94. The second kappa shape index (κ2) is 7.66. The van der Waals surface area contributed by atoms with Crippen LogP contribution in [0.5, 0.6) is 0 Å². The van der Waals surface area contributed by atoms with Gasteiger partial charge in [0.05, 0.1) is 0 Å². The van der Waals surface area contributed by atoms with Gasteiger partial charge in [0, 0.05) is 31.0 Å². The molecular weight excluding hydrogens is 290 g/mol. The Labute approximate surface area is 128 Å². The van der Waals surface area contributed by atoms with Gasteiger partial charge in [-0.1, -0.05) is 11.6 Å². The fourth-order valence-electron chi connectivity index (χ4n) is 1.73. The highest BCUT2D eigenvalue weighted by atomic mass is 35.5. The standard InChI is InChI=1S/C14H18ClN5O/c1-21-8-2-7-17-13-12(16)14(19-9-18-13)20-11-5-3-10(15)4-6-11/h3-6,9H,2,7-8,16H2,1H3,(H2,17,18,19,20). The Hall–Kier alpha value is -2.05. The predicted octanol–water partition coefficient (Wildman–Crippen LogP) is 2.90. The molecule has 0 amide bonds. The van der Waals surface area contributed by atoms with Crippen molar-refractivity contribution in [2.75, 3.05) is 36.6 Å². The maximum atomic E-state index is 6.07. The zero-order chi connectivity index (χ0) is 15.1. The molecule has 4 N–H and O–H groups in total. The molecule has 0 saturated carbocycles. The molecule has 0 saturated heterocycles. The van der Waals surface area contributed by atoms with Gasteiger partial charge >= 0.3 is 0 Å². The van der Waals surface area contributed by atoms with Crippen molar-refractivity contribution in [1.82, 2.24) is 9.97 Å². The number of benzene rings is 1. The minimum Gasteiger partial charge on any atom is -0.393 e. The maximum Gasteiger partial charge on any atom is 0.159 e. The van der Waals surface area contributed by atoms with Gasteiger partial charge in [-0.25, -0.2) is 9.97 Å². The first kappa shape index (κ1) is 15.3. The van der Waals surface area contributed by atoms with Crippen LogP contribution in [-0.4, -0.2) is 30.2 Å². The number of ether oxygens (including phenoxy) is 1. The number of hydrogen-bond acceptors (Lipinski definition) is 6. The number of nitrogens with zero attached hydrogens (tertiary/aromatic N) is 2. The Morgan fingerprint density at radius 2 is 1.90 bits per heavy atom. The lowest BCUT2D eigenvalue weighted by atomic mass is 10.3. The summed E-state index contributed by atoms with van der Waals surface area (Å²) in [5.41, 5.74) is 7.40. The third-order valence-corrected chi connectivity index (χ3v) is 3.06. The summed E-state index contributed by atoms with van der Waals surface area (Å²) in [5.74, 6) is 1.17. The van der Waals surface area contributed by atoms with Gasteiger partial charge in [0.25, 0.3) is 0 Å². The SMILES string of the molecule is COCCCNc1ncnc(Nc2ccc(Cl)cc2)c1N. The maximum absolute atomic E-state index is 6.07. The third-order valence-electron chi connectivity index (χ3n) is 2.81. The zero-order valence-electron chi connectivity index (χ0n) is 11.8. The number of anilines is 4. The molecule has 21 heavy (non-hydrogen) atoms. The summed E-state index contributed by atoms with van der Waals surface area (Å²) in [6, 6.07) is 7.31. The molecule has 2 rings (SSSR count). The monoisotopic (exact) mass is 307 g/mol. The van der Waals surface area contributed by atoms with Crippen LogP contribution in [0.25, 0.3) is 0 Å². The minimum atomic E-state index is 0.477. The number of hydrogen-bond donors (Lipinski definition) is 3. The van der Waals surface area contributed by atoms with Crippen molar-refractivity contribution < 1.29 is 4.74 Å². The van der Waals surface area contributed by atoms with E-state index in [1.807, 2.05) is 12.1 Å². The molecule has 6 nitrogen and oxygen atoms in total. The number of nitrogens with two attached hydrogens (primary N) is 1. The van der Waals surface area contributed by atoms with Gasteiger partial charge in [-0.3, -0.25) is 0 Å². The fraction of sp³-hybridized carbons (Fsp3) is 0.286. The Bertz CT molecular complexity index is 576. The lowest BCUT2D eigenvalue weighted by molar-refractivity contribution is 0.198. The Morgan fingerprint density at radius 1 is 1.19 bits per heavy atom. The van der Waals surface area contributed by atoms with Crippen LogP contribution in [0.2, 0.25) is 5.02 Å². The molecule has 0 spiro atoms. The third kappa shape index (κ3) is 4.47. The molecule has 0 bridgehead atoms. The fourth-order valence-corrected chi connectivity index (χ4v) is 1.86. The van der Waals surface area contributed by atoms with E-state index < -0.39 is 0 Å². The van der Waals surface area contributed by atoms with E-state index >= 15 is 0 Å². The Morgan fingerprint density at radius 3 is 2.62 bits per heavy atom. The van der Waals surface area contributed by atoms with E-state index in [1.165, 1.54) is 6.33 Å². The molecular formula is C14H18ClN5O. The highest BCUT2D eigenvalue weighted by molar-refractivity contribution is 6.30. The minimum absolute atomic E-state index is 0.477. The van der Waals surface area contributed by atoms with E-state index in [1.54, 1.807) is 19.2 Å². The number of aromatic nitrogens is 2. The van der Waals surface area contributed by atoms with Crippen LogP contribution >= 0.6 is 11.6 Å². The van der Waals surface area contributed by atoms with Crippen LogP contribution in [0.3, 0.4) is 0 Å². The number of nitrogens with one attached hydrogen (secondary N) is 2. The molecule has 7 heteroatoms. The number of methoxy groups -OCH3 is 1. The molecule has 2 aromatic rings. The summed E-state index contributed by atoms with van der Waals surface area (Å²) in [6.45, 7) is 1.42. The van der Waals surface area contributed by atoms with Gasteiger partial charge in [-0.15, -0.1) is 0 Å². The van der Waals surface area contributed by atoms with Crippen molar-refractivity contribution in [2.45, 2.75) is 6.42 Å². The summed E-state index contributed by atoms with van der Waals surface area (Å²) in [7, 11) is 1.67. The number of halogens is 1. The zero-order valence-corrected chi connectivity index (χ0v) is 12.5. The van der Waals surface area contributed by atoms with E-state index in [2.05, 4.69) is 20.6 Å².